The molecule has 0 N–H and O–H groups in total. The largest absolute Gasteiger partial charge is 0.444 e. The predicted octanol–water partition coefficient (Wildman–Crippen LogP) is 4.11. The van der Waals surface area contributed by atoms with Crippen LogP contribution >= 0.6 is 0 Å². The maximum absolute atomic E-state index is 13.5. The van der Waals surface area contributed by atoms with Gasteiger partial charge in [-0.1, -0.05) is 12.1 Å². The van der Waals surface area contributed by atoms with Crippen molar-refractivity contribution in [1.29, 1.82) is 0 Å². The highest BCUT2D eigenvalue weighted by Crippen LogP contribution is 2.32. The Morgan fingerprint density at radius 3 is 2.26 bits per heavy atom. The quantitative estimate of drug-likeness (QED) is 0.660. The maximum Gasteiger partial charge on any atom is 0.410 e. The van der Waals surface area contributed by atoms with Crippen molar-refractivity contribution in [3.05, 3.63) is 46.8 Å². The van der Waals surface area contributed by atoms with E-state index in [4.69, 9.17) is 4.74 Å². The van der Waals surface area contributed by atoms with E-state index in [1.165, 1.54) is 16.8 Å². The van der Waals surface area contributed by atoms with E-state index in [-0.39, 0.29) is 17.9 Å². The molecule has 3 heterocycles. The third kappa shape index (κ3) is 5.63. The molecule has 2 aliphatic heterocycles. The van der Waals surface area contributed by atoms with Gasteiger partial charge in [0.2, 0.25) is 0 Å². The number of piperazine rings is 1. The average Bonchev–Trinajstić information content (AvgIpc) is 3.20. The Balaban J connectivity index is 1.40. The standard InChI is InChI=1S/C27H39N5O3/c1-19-7-8-20(2)23(17-19)30-13-15-31(16-14-30)25(33)22-18-28-29(6)24(22)21-9-11-32(12-10-21)26(34)35-27(3,4)5/h7-8,17-18,21H,9-16H2,1-6H3. The molecular weight excluding hydrogens is 442 g/mol. The van der Waals surface area contributed by atoms with Gasteiger partial charge in [-0.2, -0.15) is 5.10 Å². The Morgan fingerprint density at radius 1 is 0.971 bits per heavy atom. The van der Waals surface area contributed by atoms with Crippen LogP contribution in [0.1, 0.15) is 66.7 Å². The van der Waals surface area contributed by atoms with Crippen molar-refractivity contribution in [1.82, 2.24) is 19.6 Å². The molecule has 0 bridgehead atoms. The van der Waals surface area contributed by atoms with Gasteiger partial charge in [-0.05, 0) is 64.7 Å². The van der Waals surface area contributed by atoms with Crippen LogP contribution in [0, 0.1) is 13.8 Å². The zero-order chi connectivity index (χ0) is 25.3. The molecule has 0 atom stereocenters. The summed E-state index contributed by atoms with van der Waals surface area (Å²) in [6, 6.07) is 6.54. The fraction of sp³-hybridized carbons (Fsp3) is 0.593. The predicted molar refractivity (Wildman–Crippen MR) is 137 cm³/mol. The van der Waals surface area contributed by atoms with Gasteiger partial charge in [0.25, 0.3) is 5.91 Å². The number of aromatic nitrogens is 2. The second kappa shape index (κ2) is 9.91. The summed E-state index contributed by atoms with van der Waals surface area (Å²) in [7, 11) is 1.91. The lowest BCUT2D eigenvalue weighted by atomic mass is 9.91. The smallest absolute Gasteiger partial charge is 0.410 e. The minimum atomic E-state index is -0.502. The van der Waals surface area contributed by atoms with Crippen LogP contribution in [0.5, 0.6) is 0 Å². The molecule has 0 saturated carbocycles. The van der Waals surface area contributed by atoms with E-state index < -0.39 is 5.60 Å². The summed E-state index contributed by atoms with van der Waals surface area (Å²) in [5.74, 6) is 0.250. The lowest BCUT2D eigenvalue weighted by Crippen LogP contribution is -2.49. The maximum atomic E-state index is 13.5. The number of carbonyl (C=O) groups is 2. The molecule has 2 amide bonds. The SMILES string of the molecule is Cc1ccc(C)c(N2CCN(C(=O)c3cnn(C)c3C3CCN(C(=O)OC(C)(C)C)CC3)CC2)c1. The molecule has 1 aromatic heterocycles. The number of benzene rings is 1. The number of amides is 2. The van der Waals surface area contributed by atoms with Crippen molar-refractivity contribution in [2.45, 2.75) is 59.0 Å². The van der Waals surface area contributed by atoms with Crippen molar-refractivity contribution in [2.75, 3.05) is 44.2 Å². The van der Waals surface area contributed by atoms with Gasteiger partial charge >= 0.3 is 6.09 Å². The van der Waals surface area contributed by atoms with Gasteiger partial charge < -0.3 is 19.4 Å². The number of anilines is 1. The number of nitrogens with zero attached hydrogens (tertiary/aromatic N) is 5. The van der Waals surface area contributed by atoms with Crippen LogP contribution in [0.3, 0.4) is 0 Å². The molecule has 190 valence electrons. The molecule has 2 aliphatic rings. The summed E-state index contributed by atoms with van der Waals surface area (Å²) in [6.45, 7) is 14.2. The summed E-state index contributed by atoms with van der Waals surface area (Å²) < 4.78 is 7.37. The first-order chi connectivity index (χ1) is 16.5. The van der Waals surface area contributed by atoms with Gasteiger partial charge in [0, 0.05) is 57.9 Å². The Labute approximate surface area is 208 Å². The van der Waals surface area contributed by atoms with Crippen LogP contribution in [-0.4, -0.2) is 76.5 Å². The van der Waals surface area contributed by atoms with Gasteiger partial charge in [0.05, 0.1) is 17.5 Å². The Kier molecular flexibility index (Phi) is 7.10. The van der Waals surface area contributed by atoms with E-state index in [0.29, 0.717) is 31.7 Å². The van der Waals surface area contributed by atoms with Crippen molar-refractivity contribution in [2.24, 2.45) is 7.05 Å². The fourth-order valence-corrected chi connectivity index (χ4v) is 5.14. The molecule has 8 nitrogen and oxygen atoms in total. The third-order valence-electron chi connectivity index (χ3n) is 7.02. The highest BCUT2D eigenvalue weighted by Gasteiger charge is 2.33. The van der Waals surface area contributed by atoms with Crippen molar-refractivity contribution >= 4 is 17.7 Å². The second-order valence-electron chi connectivity index (χ2n) is 10.9. The fourth-order valence-electron chi connectivity index (χ4n) is 5.14. The summed E-state index contributed by atoms with van der Waals surface area (Å²) in [4.78, 5) is 32.1. The molecule has 2 fully saturated rings. The van der Waals surface area contributed by atoms with Crippen molar-refractivity contribution in [3.8, 4) is 0 Å². The monoisotopic (exact) mass is 481 g/mol. The number of aryl methyl sites for hydroxylation is 3. The van der Waals surface area contributed by atoms with Gasteiger partial charge in [-0.15, -0.1) is 0 Å². The molecule has 0 aliphatic carbocycles. The zero-order valence-corrected chi connectivity index (χ0v) is 22.0. The number of piperidine rings is 1. The van der Waals surface area contributed by atoms with Crippen LogP contribution < -0.4 is 4.90 Å². The molecule has 4 rings (SSSR count). The lowest BCUT2D eigenvalue weighted by molar-refractivity contribution is 0.0202. The van der Waals surface area contributed by atoms with Gasteiger partial charge in [0.15, 0.2) is 0 Å². The minimum Gasteiger partial charge on any atom is -0.444 e. The first kappa shape index (κ1) is 25.1. The Hall–Kier alpha value is -3.03. The van der Waals surface area contributed by atoms with Crippen LogP contribution in [-0.2, 0) is 11.8 Å². The minimum absolute atomic E-state index is 0.0586. The molecule has 2 saturated heterocycles. The molecule has 0 spiro atoms. The summed E-state index contributed by atoms with van der Waals surface area (Å²) in [5.41, 5.74) is 4.96. The van der Waals surface area contributed by atoms with E-state index in [2.05, 4.69) is 42.0 Å². The lowest BCUT2D eigenvalue weighted by Gasteiger charge is -2.37. The van der Waals surface area contributed by atoms with E-state index in [1.807, 2.05) is 37.4 Å². The van der Waals surface area contributed by atoms with E-state index in [1.54, 1.807) is 11.1 Å². The number of likely N-dealkylation sites (tertiary alicyclic amines) is 1. The number of carbonyl (C=O) groups excluding carboxylic acids is 2. The van der Waals surface area contributed by atoms with Crippen LogP contribution in [0.2, 0.25) is 0 Å². The zero-order valence-electron chi connectivity index (χ0n) is 22.0. The van der Waals surface area contributed by atoms with Crippen molar-refractivity contribution in [3.63, 3.8) is 0 Å². The van der Waals surface area contributed by atoms with E-state index in [9.17, 15) is 9.59 Å². The van der Waals surface area contributed by atoms with Crippen LogP contribution in [0.15, 0.2) is 24.4 Å². The molecule has 1 aromatic carbocycles. The van der Waals surface area contributed by atoms with E-state index >= 15 is 0 Å². The highest BCUT2D eigenvalue weighted by atomic mass is 16.6. The number of hydrogen-bond acceptors (Lipinski definition) is 5. The number of rotatable bonds is 3. The Morgan fingerprint density at radius 2 is 1.63 bits per heavy atom. The molecule has 0 radical (unpaired) electrons. The molecule has 8 heteroatoms. The number of ether oxygens (including phenoxy) is 1. The van der Waals surface area contributed by atoms with E-state index in [0.717, 1.165) is 31.6 Å². The second-order valence-corrected chi connectivity index (χ2v) is 10.9. The van der Waals surface area contributed by atoms with Crippen molar-refractivity contribution < 1.29 is 14.3 Å². The number of hydrogen-bond donors (Lipinski definition) is 0. The molecule has 35 heavy (non-hydrogen) atoms. The molecule has 2 aromatic rings. The van der Waals surface area contributed by atoms with Gasteiger partial charge in [-0.25, -0.2) is 4.79 Å². The summed E-state index contributed by atoms with van der Waals surface area (Å²) >= 11 is 0. The summed E-state index contributed by atoms with van der Waals surface area (Å²) in [5, 5.41) is 4.45. The van der Waals surface area contributed by atoms with Crippen LogP contribution in [0.25, 0.3) is 0 Å². The average molecular weight is 482 g/mol. The van der Waals surface area contributed by atoms with Gasteiger partial charge in [0.1, 0.15) is 5.60 Å². The Bertz CT molecular complexity index is 1070. The molecular formula is C27H39N5O3. The van der Waals surface area contributed by atoms with Gasteiger partial charge in [-0.3, -0.25) is 9.48 Å². The highest BCUT2D eigenvalue weighted by molar-refractivity contribution is 5.95. The third-order valence-corrected chi connectivity index (χ3v) is 7.02. The normalized spacial score (nSPS) is 17.6. The van der Waals surface area contributed by atoms with Crippen LogP contribution in [0.4, 0.5) is 10.5 Å². The first-order valence-corrected chi connectivity index (χ1v) is 12.6. The summed E-state index contributed by atoms with van der Waals surface area (Å²) in [6.07, 6.45) is 3.03. The topological polar surface area (TPSA) is 70.9 Å². The molecule has 0 unspecified atom stereocenters. The first-order valence-electron chi connectivity index (χ1n) is 12.6.